The number of aromatic nitrogens is 2. The van der Waals surface area contributed by atoms with Gasteiger partial charge in [-0.15, -0.1) is 0 Å². The van der Waals surface area contributed by atoms with Crippen LogP contribution in [0.1, 0.15) is 46.5 Å². The quantitative estimate of drug-likeness (QED) is 0.925. The van der Waals surface area contributed by atoms with Gasteiger partial charge in [0.05, 0.1) is 0 Å². The Labute approximate surface area is 127 Å². The molecule has 0 aliphatic carbocycles. The summed E-state index contributed by atoms with van der Waals surface area (Å²) in [5, 5.41) is 3.21. The smallest absolute Gasteiger partial charge is 0.293 e. The van der Waals surface area contributed by atoms with E-state index in [9.17, 15) is 4.79 Å². The van der Waals surface area contributed by atoms with E-state index in [0.29, 0.717) is 5.82 Å². The first kappa shape index (κ1) is 16.0. The van der Waals surface area contributed by atoms with Crippen molar-refractivity contribution < 1.29 is 0 Å². The molecular weight excluding hydrogens is 264 g/mol. The van der Waals surface area contributed by atoms with Crippen molar-refractivity contribution in [3.63, 3.8) is 0 Å². The summed E-state index contributed by atoms with van der Waals surface area (Å²) in [5.41, 5.74) is -0.262. The van der Waals surface area contributed by atoms with Crippen molar-refractivity contribution in [3.8, 4) is 0 Å². The fourth-order valence-corrected chi connectivity index (χ4v) is 2.75. The van der Waals surface area contributed by atoms with Crippen LogP contribution in [0.5, 0.6) is 0 Å². The highest BCUT2D eigenvalue weighted by Gasteiger charge is 2.16. The largest absolute Gasteiger partial charge is 0.364 e. The molecule has 0 radical (unpaired) electrons. The van der Waals surface area contributed by atoms with E-state index in [4.69, 9.17) is 0 Å². The molecule has 1 aromatic heterocycles. The monoisotopic (exact) mass is 292 g/mol. The highest BCUT2D eigenvalue weighted by molar-refractivity contribution is 5.31. The number of rotatable bonds is 4. The van der Waals surface area contributed by atoms with E-state index in [1.54, 1.807) is 17.0 Å². The predicted molar refractivity (Wildman–Crippen MR) is 86.9 cm³/mol. The topological polar surface area (TPSA) is 50.2 Å². The minimum atomic E-state index is -0.221. The maximum absolute atomic E-state index is 12.4. The molecule has 0 bridgehead atoms. The average Bonchev–Trinajstić information content (AvgIpc) is 2.68. The molecule has 2 rings (SSSR count). The number of likely N-dealkylation sites (tertiary alicyclic amines) is 1. The molecule has 1 aromatic rings. The zero-order valence-electron chi connectivity index (χ0n) is 13.6. The Bertz CT molecular complexity index is 496. The van der Waals surface area contributed by atoms with Crippen LogP contribution in [0.15, 0.2) is 17.2 Å². The van der Waals surface area contributed by atoms with Crippen molar-refractivity contribution >= 4 is 5.82 Å². The van der Waals surface area contributed by atoms with Gasteiger partial charge in [0.1, 0.15) is 0 Å². The molecule has 1 aliphatic heterocycles. The molecule has 0 aromatic carbocycles. The molecule has 2 heterocycles. The third-order valence-electron chi connectivity index (χ3n) is 3.98. The second-order valence-electron chi connectivity index (χ2n) is 6.80. The third kappa shape index (κ3) is 4.56. The summed E-state index contributed by atoms with van der Waals surface area (Å²) in [6.07, 6.45) is 8.73. The molecule has 0 saturated carbocycles. The van der Waals surface area contributed by atoms with E-state index in [1.807, 2.05) is 20.8 Å². The fraction of sp³-hybridized carbons (Fsp3) is 0.750. The lowest BCUT2D eigenvalue weighted by Gasteiger charge is -2.23. The first-order valence-electron chi connectivity index (χ1n) is 8.03. The zero-order chi connectivity index (χ0) is 15.3. The number of nitrogens with zero attached hydrogens (tertiary/aromatic N) is 3. The maximum Gasteiger partial charge on any atom is 0.293 e. The normalized spacial score (nSPS) is 17.5. The number of hydrogen-bond acceptors (Lipinski definition) is 4. The lowest BCUT2D eigenvalue weighted by Crippen LogP contribution is -2.36. The summed E-state index contributed by atoms with van der Waals surface area (Å²) >= 11 is 0. The van der Waals surface area contributed by atoms with Crippen molar-refractivity contribution in [2.75, 3.05) is 31.5 Å². The molecule has 21 heavy (non-hydrogen) atoms. The molecule has 5 nitrogen and oxygen atoms in total. The summed E-state index contributed by atoms with van der Waals surface area (Å²) in [7, 11) is 0. The zero-order valence-corrected chi connectivity index (χ0v) is 13.6. The van der Waals surface area contributed by atoms with E-state index >= 15 is 0 Å². The van der Waals surface area contributed by atoms with Crippen LogP contribution in [0.25, 0.3) is 0 Å². The molecular formula is C16H28N4O. The van der Waals surface area contributed by atoms with Gasteiger partial charge in [-0.05, 0) is 46.7 Å². The first-order valence-corrected chi connectivity index (χ1v) is 8.03. The Balaban J connectivity index is 1.93. The summed E-state index contributed by atoms with van der Waals surface area (Å²) in [6.45, 7) is 10.2. The highest BCUT2D eigenvalue weighted by atomic mass is 16.1. The Kier molecular flexibility index (Phi) is 5.39. The Morgan fingerprint density at radius 2 is 1.86 bits per heavy atom. The van der Waals surface area contributed by atoms with Gasteiger partial charge in [0.25, 0.3) is 5.56 Å². The Morgan fingerprint density at radius 3 is 2.48 bits per heavy atom. The molecule has 0 unspecified atom stereocenters. The van der Waals surface area contributed by atoms with E-state index < -0.39 is 0 Å². The van der Waals surface area contributed by atoms with Crippen LogP contribution in [-0.2, 0) is 5.54 Å². The van der Waals surface area contributed by atoms with Gasteiger partial charge in [0, 0.05) is 31.0 Å². The van der Waals surface area contributed by atoms with Gasteiger partial charge in [0.2, 0.25) is 0 Å². The SMILES string of the molecule is CC(C)(C)n1ccnc(NCCN2CCCCCC2)c1=O. The molecule has 1 saturated heterocycles. The Morgan fingerprint density at radius 1 is 1.19 bits per heavy atom. The first-order chi connectivity index (χ1) is 9.98. The average molecular weight is 292 g/mol. The molecule has 0 spiro atoms. The molecule has 0 atom stereocenters. The van der Waals surface area contributed by atoms with Gasteiger partial charge in [-0.25, -0.2) is 4.98 Å². The summed E-state index contributed by atoms with van der Waals surface area (Å²) in [4.78, 5) is 19.0. The second kappa shape index (κ2) is 7.07. The van der Waals surface area contributed by atoms with Gasteiger partial charge in [-0.3, -0.25) is 4.79 Å². The molecule has 1 N–H and O–H groups in total. The van der Waals surface area contributed by atoms with Crippen LogP contribution in [0.3, 0.4) is 0 Å². The second-order valence-corrected chi connectivity index (χ2v) is 6.80. The lowest BCUT2D eigenvalue weighted by molar-refractivity contribution is 0.296. The molecule has 5 heteroatoms. The Hall–Kier alpha value is -1.36. The van der Waals surface area contributed by atoms with Crippen molar-refractivity contribution in [1.82, 2.24) is 14.5 Å². The summed E-state index contributed by atoms with van der Waals surface area (Å²) in [6, 6.07) is 0. The lowest BCUT2D eigenvalue weighted by atomic mass is 10.1. The van der Waals surface area contributed by atoms with Gasteiger partial charge < -0.3 is 14.8 Å². The highest BCUT2D eigenvalue weighted by Crippen LogP contribution is 2.11. The molecule has 1 aliphatic rings. The number of anilines is 1. The fourth-order valence-electron chi connectivity index (χ4n) is 2.75. The van der Waals surface area contributed by atoms with Crippen LogP contribution in [0.4, 0.5) is 5.82 Å². The van der Waals surface area contributed by atoms with Crippen LogP contribution >= 0.6 is 0 Å². The third-order valence-corrected chi connectivity index (χ3v) is 3.98. The maximum atomic E-state index is 12.4. The minimum absolute atomic E-state index is 0.0409. The predicted octanol–water partition coefficient (Wildman–Crippen LogP) is 2.29. The number of nitrogens with one attached hydrogen (secondary N) is 1. The number of hydrogen-bond donors (Lipinski definition) is 1. The van der Waals surface area contributed by atoms with Gasteiger partial charge in [-0.1, -0.05) is 12.8 Å². The van der Waals surface area contributed by atoms with E-state index in [0.717, 1.165) is 13.1 Å². The molecule has 118 valence electrons. The van der Waals surface area contributed by atoms with E-state index in [-0.39, 0.29) is 11.1 Å². The van der Waals surface area contributed by atoms with E-state index in [1.165, 1.54) is 38.8 Å². The van der Waals surface area contributed by atoms with Gasteiger partial charge in [0.15, 0.2) is 5.82 Å². The van der Waals surface area contributed by atoms with Gasteiger partial charge >= 0.3 is 0 Å². The summed E-state index contributed by atoms with van der Waals surface area (Å²) in [5.74, 6) is 0.460. The van der Waals surface area contributed by atoms with Crippen molar-refractivity contribution in [1.29, 1.82) is 0 Å². The van der Waals surface area contributed by atoms with E-state index in [2.05, 4.69) is 15.2 Å². The van der Waals surface area contributed by atoms with Crippen molar-refractivity contribution in [3.05, 3.63) is 22.7 Å². The summed E-state index contributed by atoms with van der Waals surface area (Å²) < 4.78 is 1.73. The van der Waals surface area contributed by atoms with Crippen molar-refractivity contribution in [2.24, 2.45) is 0 Å². The van der Waals surface area contributed by atoms with Crippen LogP contribution < -0.4 is 10.9 Å². The van der Waals surface area contributed by atoms with Crippen LogP contribution in [-0.4, -0.2) is 40.6 Å². The molecule has 0 amide bonds. The standard InChI is InChI=1S/C16H28N4O/c1-16(2,3)20-13-9-18-14(15(20)21)17-8-12-19-10-6-4-5-7-11-19/h9,13H,4-8,10-12H2,1-3H3,(H,17,18). The minimum Gasteiger partial charge on any atom is -0.364 e. The van der Waals surface area contributed by atoms with Crippen molar-refractivity contribution in [2.45, 2.75) is 52.0 Å². The van der Waals surface area contributed by atoms with Gasteiger partial charge in [-0.2, -0.15) is 0 Å². The van der Waals surface area contributed by atoms with Crippen LogP contribution in [0, 0.1) is 0 Å². The van der Waals surface area contributed by atoms with Crippen LogP contribution in [0.2, 0.25) is 0 Å². The molecule has 1 fully saturated rings.